The SMILES string of the molecule is CC(C)OC(=O)c1nccc2ccccc12. The van der Waals surface area contributed by atoms with Crippen LogP contribution in [-0.2, 0) is 4.74 Å². The molecule has 0 saturated carbocycles. The van der Waals surface area contributed by atoms with E-state index >= 15 is 0 Å². The number of hydrogen-bond acceptors (Lipinski definition) is 3. The van der Waals surface area contributed by atoms with Crippen molar-refractivity contribution in [2.75, 3.05) is 0 Å². The third-order valence-corrected chi connectivity index (χ3v) is 2.21. The molecule has 3 nitrogen and oxygen atoms in total. The zero-order valence-corrected chi connectivity index (χ0v) is 9.31. The van der Waals surface area contributed by atoms with Crippen LogP contribution in [0.3, 0.4) is 0 Å². The van der Waals surface area contributed by atoms with Crippen LogP contribution in [0.1, 0.15) is 24.3 Å². The molecule has 3 heteroatoms. The number of rotatable bonds is 2. The van der Waals surface area contributed by atoms with Crippen molar-refractivity contribution in [3.63, 3.8) is 0 Å². The predicted molar refractivity (Wildman–Crippen MR) is 62.3 cm³/mol. The molecule has 0 radical (unpaired) electrons. The van der Waals surface area contributed by atoms with Crippen molar-refractivity contribution in [1.29, 1.82) is 0 Å². The number of nitrogens with zero attached hydrogens (tertiary/aromatic N) is 1. The lowest BCUT2D eigenvalue weighted by Gasteiger charge is -2.08. The van der Waals surface area contributed by atoms with Gasteiger partial charge in [0.05, 0.1) is 6.10 Å². The molecule has 0 unspecified atom stereocenters. The summed E-state index contributed by atoms with van der Waals surface area (Å²) in [7, 11) is 0. The number of pyridine rings is 1. The van der Waals surface area contributed by atoms with Crippen LogP contribution in [0.25, 0.3) is 10.8 Å². The number of carbonyl (C=O) groups is 1. The summed E-state index contributed by atoms with van der Waals surface area (Å²) in [4.78, 5) is 15.9. The molecule has 1 heterocycles. The molecule has 0 atom stereocenters. The summed E-state index contributed by atoms with van der Waals surface area (Å²) in [5.74, 6) is -0.369. The zero-order valence-electron chi connectivity index (χ0n) is 9.31. The van der Waals surface area contributed by atoms with Gasteiger partial charge < -0.3 is 4.74 Å². The molecule has 2 aromatic rings. The summed E-state index contributed by atoms with van der Waals surface area (Å²) >= 11 is 0. The van der Waals surface area contributed by atoms with Crippen LogP contribution in [0, 0.1) is 0 Å². The van der Waals surface area contributed by atoms with E-state index in [4.69, 9.17) is 4.74 Å². The fourth-order valence-corrected chi connectivity index (χ4v) is 1.55. The van der Waals surface area contributed by atoms with Gasteiger partial charge in [0, 0.05) is 11.6 Å². The van der Waals surface area contributed by atoms with Crippen molar-refractivity contribution in [2.24, 2.45) is 0 Å². The average Bonchev–Trinajstić information content (AvgIpc) is 2.27. The first-order chi connectivity index (χ1) is 7.68. The maximum absolute atomic E-state index is 11.8. The molecule has 0 saturated heterocycles. The number of benzene rings is 1. The molecule has 82 valence electrons. The lowest BCUT2D eigenvalue weighted by molar-refractivity contribution is 0.0373. The summed E-state index contributed by atoms with van der Waals surface area (Å²) in [6, 6.07) is 9.51. The van der Waals surface area contributed by atoms with E-state index < -0.39 is 0 Å². The van der Waals surface area contributed by atoms with Gasteiger partial charge in [0.2, 0.25) is 0 Å². The zero-order chi connectivity index (χ0) is 11.5. The van der Waals surface area contributed by atoms with Crippen molar-refractivity contribution in [1.82, 2.24) is 4.98 Å². The number of ether oxygens (including phenoxy) is 1. The molecule has 1 aromatic carbocycles. The van der Waals surface area contributed by atoms with Crippen LogP contribution < -0.4 is 0 Å². The predicted octanol–water partition coefficient (Wildman–Crippen LogP) is 2.80. The van der Waals surface area contributed by atoms with Crippen LogP contribution in [-0.4, -0.2) is 17.1 Å². The fraction of sp³-hybridized carbons (Fsp3) is 0.231. The van der Waals surface area contributed by atoms with E-state index in [1.54, 1.807) is 6.20 Å². The van der Waals surface area contributed by atoms with E-state index in [2.05, 4.69) is 4.98 Å². The van der Waals surface area contributed by atoms with Crippen molar-refractivity contribution >= 4 is 16.7 Å². The minimum absolute atomic E-state index is 0.131. The maximum atomic E-state index is 11.8. The average molecular weight is 215 g/mol. The molecular weight excluding hydrogens is 202 g/mol. The number of hydrogen-bond donors (Lipinski definition) is 0. The molecule has 1 aromatic heterocycles. The Morgan fingerprint density at radius 2 is 2.00 bits per heavy atom. The second-order valence-corrected chi connectivity index (χ2v) is 3.83. The maximum Gasteiger partial charge on any atom is 0.357 e. The van der Waals surface area contributed by atoms with Gasteiger partial charge in [-0.25, -0.2) is 9.78 Å². The van der Waals surface area contributed by atoms with Gasteiger partial charge >= 0.3 is 5.97 Å². The molecule has 0 amide bonds. The standard InChI is InChI=1S/C13H13NO2/c1-9(2)16-13(15)12-11-6-4-3-5-10(11)7-8-14-12/h3-9H,1-2H3. The van der Waals surface area contributed by atoms with Gasteiger partial charge in [0.25, 0.3) is 0 Å². The molecule has 2 rings (SSSR count). The molecule has 0 bridgehead atoms. The lowest BCUT2D eigenvalue weighted by atomic mass is 10.1. The smallest absolute Gasteiger partial charge is 0.357 e. The van der Waals surface area contributed by atoms with Crippen molar-refractivity contribution < 1.29 is 9.53 Å². The number of fused-ring (bicyclic) bond motifs is 1. The monoisotopic (exact) mass is 215 g/mol. The van der Waals surface area contributed by atoms with Gasteiger partial charge in [-0.2, -0.15) is 0 Å². The van der Waals surface area contributed by atoms with Crippen LogP contribution in [0.2, 0.25) is 0 Å². The van der Waals surface area contributed by atoms with Gasteiger partial charge in [-0.15, -0.1) is 0 Å². The summed E-state index contributed by atoms with van der Waals surface area (Å²) in [6.07, 6.45) is 1.49. The molecular formula is C13H13NO2. The van der Waals surface area contributed by atoms with Gasteiger partial charge in [0.1, 0.15) is 0 Å². The first kappa shape index (κ1) is 10.6. The highest BCUT2D eigenvalue weighted by molar-refractivity contribution is 6.02. The van der Waals surface area contributed by atoms with Gasteiger partial charge in [-0.05, 0) is 25.3 Å². The molecule has 0 spiro atoms. The van der Waals surface area contributed by atoms with Gasteiger partial charge in [0.15, 0.2) is 5.69 Å². The van der Waals surface area contributed by atoms with Gasteiger partial charge in [-0.1, -0.05) is 24.3 Å². The Bertz CT molecular complexity index is 515. The summed E-state index contributed by atoms with van der Waals surface area (Å²) in [5.41, 5.74) is 0.381. The number of carbonyl (C=O) groups excluding carboxylic acids is 1. The largest absolute Gasteiger partial charge is 0.458 e. The molecule has 0 aliphatic rings. The second kappa shape index (κ2) is 4.31. The normalized spacial score (nSPS) is 10.7. The van der Waals surface area contributed by atoms with Crippen molar-refractivity contribution in [3.05, 3.63) is 42.2 Å². The second-order valence-electron chi connectivity index (χ2n) is 3.83. The Balaban J connectivity index is 2.48. The Labute approximate surface area is 94.1 Å². The van der Waals surface area contributed by atoms with Gasteiger partial charge in [-0.3, -0.25) is 0 Å². The van der Waals surface area contributed by atoms with Crippen LogP contribution in [0.4, 0.5) is 0 Å². The molecule has 0 N–H and O–H groups in total. The summed E-state index contributed by atoms with van der Waals surface area (Å²) < 4.78 is 5.14. The Kier molecular flexibility index (Phi) is 2.86. The summed E-state index contributed by atoms with van der Waals surface area (Å²) in [6.45, 7) is 3.64. The van der Waals surface area contributed by atoms with Crippen LogP contribution >= 0.6 is 0 Å². The minimum atomic E-state index is -0.369. The Hall–Kier alpha value is -1.90. The highest BCUT2D eigenvalue weighted by Crippen LogP contribution is 2.17. The van der Waals surface area contributed by atoms with E-state index in [-0.39, 0.29) is 12.1 Å². The number of aromatic nitrogens is 1. The minimum Gasteiger partial charge on any atom is -0.458 e. The lowest BCUT2D eigenvalue weighted by Crippen LogP contribution is -2.13. The molecule has 16 heavy (non-hydrogen) atoms. The molecule has 0 aliphatic carbocycles. The quantitative estimate of drug-likeness (QED) is 0.723. The Morgan fingerprint density at radius 3 is 2.75 bits per heavy atom. The third kappa shape index (κ3) is 2.03. The van der Waals surface area contributed by atoms with Crippen molar-refractivity contribution in [2.45, 2.75) is 20.0 Å². The third-order valence-electron chi connectivity index (χ3n) is 2.21. The first-order valence-electron chi connectivity index (χ1n) is 5.23. The molecule has 0 aliphatic heterocycles. The van der Waals surface area contributed by atoms with E-state index in [0.717, 1.165) is 10.8 Å². The molecule has 0 fully saturated rings. The van der Waals surface area contributed by atoms with E-state index in [1.807, 2.05) is 44.2 Å². The first-order valence-corrected chi connectivity index (χ1v) is 5.23. The van der Waals surface area contributed by atoms with E-state index in [9.17, 15) is 4.79 Å². The van der Waals surface area contributed by atoms with Crippen molar-refractivity contribution in [3.8, 4) is 0 Å². The summed E-state index contributed by atoms with van der Waals surface area (Å²) in [5, 5.41) is 1.82. The fourth-order valence-electron chi connectivity index (χ4n) is 1.55. The number of esters is 1. The van der Waals surface area contributed by atoms with Crippen LogP contribution in [0.15, 0.2) is 36.5 Å². The van der Waals surface area contributed by atoms with E-state index in [1.165, 1.54) is 0 Å². The highest BCUT2D eigenvalue weighted by atomic mass is 16.5. The topological polar surface area (TPSA) is 39.2 Å². The Morgan fingerprint density at radius 1 is 1.25 bits per heavy atom. The van der Waals surface area contributed by atoms with E-state index in [0.29, 0.717) is 5.69 Å². The highest BCUT2D eigenvalue weighted by Gasteiger charge is 2.13. The van der Waals surface area contributed by atoms with Crippen LogP contribution in [0.5, 0.6) is 0 Å².